The molecule has 0 aliphatic carbocycles. The summed E-state index contributed by atoms with van der Waals surface area (Å²) in [6.07, 6.45) is 6.81. The fourth-order valence-electron chi connectivity index (χ4n) is 1.66. The van der Waals surface area contributed by atoms with Gasteiger partial charge in [0.15, 0.2) is 5.78 Å². The number of halogens is 1. The molecule has 1 aromatic carbocycles. The summed E-state index contributed by atoms with van der Waals surface area (Å²) < 4.78 is 1.65. The lowest BCUT2D eigenvalue weighted by atomic mass is 9.98. The van der Waals surface area contributed by atoms with Crippen LogP contribution >= 0.6 is 11.6 Å². The maximum atomic E-state index is 12.2. The molecule has 19 heavy (non-hydrogen) atoms. The summed E-state index contributed by atoms with van der Waals surface area (Å²) in [5.41, 5.74) is 0.251. The van der Waals surface area contributed by atoms with Crippen LogP contribution in [-0.4, -0.2) is 15.6 Å². The van der Waals surface area contributed by atoms with E-state index in [1.807, 2.05) is 26.0 Å². The Labute approximate surface area is 117 Å². The minimum absolute atomic E-state index is 0.00819. The Morgan fingerprint density at radius 2 is 2.00 bits per heavy atom. The van der Waals surface area contributed by atoms with E-state index in [2.05, 4.69) is 5.10 Å². The third kappa shape index (κ3) is 3.12. The molecule has 0 aliphatic rings. The number of rotatable bonds is 4. The van der Waals surface area contributed by atoms with Crippen molar-refractivity contribution in [2.24, 2.45) is 0 Å². The molecule has 0 fully saturated rings. The fraction of sp³-hybridized carbons (Fsp3) is 0.200. The molecule has 98 valence electrons. The molecule has 1 heterocycles. The first kappa shape index (κ1) is 13.6. The number of hydrogen-bond acceptors (Lipinski definition) is 2. The molecular weight excluding hydrogens is 260 g/mol. The molecule has 4 heteroatoms. The van der Waals surface area contributed by atoms with Gasteiger partial charge in [0.25, 0.3) is 0 Å². The van der Waals surface area contributed by atoms with Gasteiger partial charge in [-0.2, -0.15) is 5.10 Å². The Morgan fingerprint density at radius 3 is 2.58 bits per heavy atom. The Balaban J connectivity index is 2.15. The summed E-state index contributed by atoms with van der Waals surface area (Å²) in [7, 11) is 0. The lowest BCUT2D eigenvalue weighted by Crippen LogP contribution is -2.35. The Bertz CT molecular complexity index is 583. The third-order valence-corrected chi connectivity index (χ3v) is 3.23. The van der Waals surface area contributed by atoms with Gasteiger partial charge in [-0.05, 0) is 43.7 Å². The van der Waals surface area contributed by atoms with Crippen molar-refractivity contribution in [2.75, 3.05) is 0 Å². The zero-order valence-electron chi connectivity index (χ0n) is 10.9. The molecule has 0 saturated carbocycles. The predicted octanol–water partition coefficient (Wildman–Crippen LogP) is 3.55. The van der Waals surface area contributed by atoms with Crippen LogP contribution in [0.3, 0.4) is 0 Å². The van der Waals surface area contributed by atoms with Crippen LogP contribution in [0.15, 0.2) is 48.8 Å². The average molecular weight is 275 g/mol. The topological polar surface area (TPSA) is 34.9 Å². The van der Waals surface area contributed by atoms with Gasteiger partial charge < -0.3 is 0 Å². The number of allylic oxidation sites excluding steroid dienone is 1. The van der Waals surface area contributed by atoms with Crippen molar-refractivity contribution in [2.45, 2.75) is 19.4 Å². The Hall–Kier alpha value is -1.87. The van der Waals surface area contributed by atoms with Crippen molar-refractivity contribution in [3.63, 3.8) is 0 Å². The smallest absolute Gasteiger partial charge is 0.182 e. The molecule has 3 nitrogen and oxygen atoms in total. The highest BCUT2D eigenvalue weighted by atomic mass is 35.5. The quantitative estimate of drug-likeness (QED) is 0.799. The SMILES string of the molecule is CC(C)(C(=O)/C=C/c1ccc(Cl)cc1)n1cccn1. The maximum Gasteiger partial charge on any atom is 0.182 e. The summed E-state index contributed by atoms with van der Waals surface area (Å²) in [6.45, 7) is 3.68. The van der Waals surface area contributed by atoms with Crippen LogP contribution < -0.4 is 0 Å². The second-order valence-electron chi connectivity index (χ2n) is 4.76. The van der Waals surface area contributed by atoms with Crippen LogP contribution in [0.25, 0.3) is 6.08 Å². The zero-order chi connectivity index (χ0) is 13.9. The standard InChI is InChI=1S/C15H15ClN2O/c1-15(2,18-11-3-10-17-18)14(19)9-6-12-4-7-13(16)8-5-12/h3-11H,1-2H3/b9-6+. The summed E-state index contributed by atoms with van der Waals surface area (Å²) >= 11 is 5.81. The van der Waals surface area contributed by atoms with Gasteiger partial charge in [-0.1, -0.05) is 29.8 Å². The van der Waals surface area contributed by atoms with Crippen molar-refractivity contribution in [3.8, 4) is 0 Å². The first-order valence-corrected chi connectivity index (χ1v) is 6.36. The minimum atomic E-state index is -0.688. The van der Waals surface area contributed by atoms with E-state index in [4.69, 9.17) is 11.6 Å². The molecule has 0 saturated heterocycles. The summed E-state index contributed by atoms with van der Waals surface area (Å²) in [4.78, 5) is 12.2. The lowest BCUT2D eigenvalue weighted by Gasteiger charge is -2.21. The highest BCUT2D eigenvalue weighted by Gasteiger charge is 2.27. The van der Waals surface area contributed by atoms with Crippen LogP contribution in [0.5, 0.6) is 0 Å². The monoisotopic (exact) mass is 274 g/mol. The minimum Gasteiger partial charge on any atom is -0.292 e. The summed E-state index contributed by atoms with van der Waals surface area (Å²) in [6, 6.07) is 9.13. The molecule has 0 N–H and O–H groups in total. The Morgan fingerprint density at radius 1 is 1.32 bits per heavy atom. The van der Waals surface area contributed by atoms with Gasteiger partial charge in [0, 0.05) is 17.4 Å². The molecule has 0 atom stereocenters. The fourth-order valence-corrected chi connectivity index (χ4v) is 1.79. The average Bonchev–Trinajstić information content (AvgIpc) is 2.92. The molecule has 2 rings (SSSR count). The highest BCUT2D eigenvalue weighted by Crippen LogP contribution is 2.17. The maximum absolute atomic E-state index is 12.2. The van der Waals surface area contributed by atoms with Crippen LogP contribution in [0.4, 0.5) is 0 Å². The highest BCUT2D eigenvalue weighted by molar-refractivity contribution is 6.30. The second kappa shape index (κ2) is 5.41. The molecular formula is C15H15ClN2O. The molecule has 0 spiro atoms. The number of carbonyl (C=O) groups is 1. The number of hydrogen-bond donors (Lipinski definition) is 0. The third-order valence-electron chi connectivity index (χ3n) is 2.98. The van der Waals surface area contributed by atoms with Crippen LogP contribution in [0.1, 0.15) is 19.4 Å². The van der Waals surface area contributed by atoms with Crippen molar-refractivity contribution >= 4 is 23.5 Å². The van der Waals surface area contributed by atoms with E-state index in [1.165, 1.54) is 0 Å². The van der Waals surface area contributed by atoms with Gasteiger partial charge in [-0.25, -0.2) is 0 Å². The largest absolute Gasteiger partial charge is 0.292 e. The van der Waals surface area contributed by atoms with E-state index in [1.54, 1.807) is 47.4 Å². The number of carbonyl (C=O) groups excluding carboxylic acids is 1. The van der Waals surface area contributed by atoms with Gasteiger partial charge in [-0.15, -0.1) is 0 Å². The van der Waals surface area contributed by atoms with E-state index in [0.29, 0.717) is 5.02 Å². The van der Waals surface area contributed by atoms with E-state index < -0.39 is 5.54 Å². The number of ketones is 1. The lowest BCUT2D eigenvalue weighted by molar-refractivity contribution is -0.121. The first-order chi connectivity index (χ1) is 9.00. The van der Waals surface area contributed by atoms with Crippen molar-refractivity contribution < 1.29 is 4.79 Å². The van der Waals surface area contributed by atoms with Gasteiger partial charge in [-0.3, -0.25) is 9.48 Å². The van der Waals surface area contributed by atoms with Crippen molar-refractivity contribution in [3.05, 3.63) is 59.4 Å². The van der Waals surface area contributed by atoms with E-state index >= 15 is 0 Å². The van der Waals surface area contributed by atoms with Crippen molar-refractivity contribution in [1.29, 1.82) is 0 Å². The van der Waals surface area contributed by atoms with Gasteiger partial charge >= 0.3 is 0 Å². The molecule has 2 aromatic rings. The molecule has 0 radical (unpaired) electrons. The van der Waals surface area contributed by atoms with Gasteiger partial charge in [0.1, 0.15) is 5.54 Å². The molecule has 0 aliphatic heterocycles. The number of nitrogens with zero attached hydrogens (tertiary/aromatic N) is 2. The second-order valence-corrected chi connectivity index (χ2v) is 5.20. The van der Waals surface area contributed by atoms with E-state index in [9.17, 15) is 4.79 Å². The first-order valence-electron chi connectivity index (χ1n) is 5.98. The van der Waals surface area contributed by atoms with Crippen molar-refractivity contribution in [1.82, 2.24) is 9.78 Å². The molecule has 0 amide bonds. The Kier molecular flexibility index (Phi) is 3.86. The van der Waals surface area contributed by atoms with Crippen LogP contribution in [0.2, 0.25) is 5.02 Å². The van der Waals surface area contributed by atoms with Crippen LogP contribution in [-0.2, 0) is 10.3 Å². The summed E-state index contributed by atoms with van der Waals surface area (Å²) in [5.74, 6) is -0.00819. The normalized spacial score (nSPS) is 11.9. The van der Waals surface area contributed by atoms with Gasteiger partial charge in [0.2, 0.25) is 0 Å². The van der Waals surface area contributed by atoms with Crippen LogP contribution in [0, 0.1) is 0 Å². The molecule has 1 aromatic heterocycles. The number of benzene rings is 1. The van der Waals surface area contributed by atoms with E-state index in [-0.39, 0.29) is 5.78 Å². The van der Waals surface area contributed by atoms with Gasteiger partial charge in [0.05, 0.1) is 0 Å². The summed E-state index contributed by atoms with van der Waals surface area (Å²) in [5, 5.41) is 4.80. The zero-order valence-corrected chi connectivity index (χ0v) is 11.6. The predicted molar refractivity (Wildman–Crippen MR) is 77.0 cm³/mol. The van der Waals surface area contributed by atoms with E-state index in [0.717, 1.165) is 5.56 Å². The molecule has 0 unspecified atom stereocenters. The number of aromatic nitrogens is 2. The molecule has 0 bridgehead atoms.